The van der Waals surface area contributed by atoms with E-state index in [0.29, 0.717) is 15.6 Å². The van der Waals surface area contributed by atoms with Gasteiger partial charge in [0.15, 0.2) is 0 Å². The molecule has 2 aromatic carbocycles. The maximum atomic E-state index is 11.7. The molecule has 0 aliphatic heterocycles. The van der Waals surface area contributed by atoms with Crippen LogP contribution in [0.4, 0.5) is 0 Å². The van der Waals surface area contributed by atoms with Crippen LogP contribution in [-0.2, 0) is 22.6 Å². The van der Waals surface area contributed by atoms with Gasteiger partial charge in [-0.1, -0.05) is 59.6 Å². The van der Waals surface area contributed by atoms with Crippen molar-refractivity contribution in [3.63, 3.8) is 0 Å². The number of carbonyl (C=O) groups excluding carboxylic acids is 1. The zero-order chi connectivity index (χ0) is 13.7. The van der Waals surface area contributed by atoms with E-state index in [1.165, 1.54) is 0 Å². The zero-order valence-corrected chi connectivity index (χ0v) is 11.6. The van der Waals surface area contributed by atoms with Gasteiger partial charge in [0.1, 0.15) is 6.61 Å². The standard InChI is InChI=1S/C15H12Cl2O2/c16-13-7-4-8-14(17)12(13)10-19-15(18)9-11-5-2-1-3-6-11/h1-8H,9-10H2. The molecular formula is C15H12Cl2O2. The molecule has 0 fully saturated rings. The molecule has 0 bridgehead atoms. The first kappa shape index (κ1) is 13.9. The first-order valence-electron chi connectivity index (χ1n) is 5.79. The van der Waals surface area contributed by atoms with Crippen molar-refractivity contribution in [2.24, 2.45) is 0 Å². The number of hydrogen-bond acceptors (Lipinski definition) is 2. The van der Waals surface area contributed by atoms with Gasteiger partial charge in [-0.2, -0.15) is 0 Å². The molecule has 0 atom stereocenters. The summed E-state index contributed by atoms with van der Waals surface area (Å²) in [5.74, 6) is -0.304. The van der Waals surface area contributed by atoms with Crippen LogP contribution in [0.25, 0.3) is 0 Å². The van der Waals surface area contributed by atoms with Gasteiger partial charge in [-0.25, -0.2) is 0 Å². The Morgan fingerprint density at radius 1 is 0.947 bits per heavy atom. The van der Waals surface area contributed by atoms with Gasteiger partial charge < -0.3 is 4.74 Å². The molecule has 0 unspecified atom stereocenters. The van der Waals surface area contributed by atoms with Gasteiger partial charge in [-0.15, -0.1) is 0 Å². The number of rotatable bonds is 4. The van der Waals surface area contributed by atoms with Gasteiger partial charge in [0.25, 0.3) is 0 Å². The molecule has 0 saturated heterocycles. The van der Waals surface area contributed by atoms with Gasteiger partial charge in [0.05, 0.1) is 6.42 Å². The predicted octanol–water partition coefficient (Wildman–Crippen LogP) is 4.28. The maximum absolute atomic E-state index is 11.7. The lowest BCUT2D eigenvalue weighted by atomic mass is 10.1. The fraction of sp³-hybridized carbons (Fsp3) is 0.133. The summed E-state index contributed by atoms with van der Waals surface area (Å²) in [5.41, 5.74) is 1.55. The summed E-state index contributed by atoms with van der Waals surface area (Å²) in [4.78, 5) is 11.7. The van der Waals surface area contributed by atoms with Crippen LogP contribution < -0.4 is 0 Å². The molecule has 4 heteroatoms. The molecule has 2 nitrogen and oxygen atoms in total. The second-order valence-electron chi connectivity index (χ2n) is 4.02. The smallest absolute Gasteiger partial charge is 0.310 e. The van der Waals surface area contributed by atoms with Crippen LogP contribution in [0, 0.1) is 0 Å². The lowest BCUT2D eigenvalue weighted by Crippen LogP contribution is -2.08. The van der Waals surface area contributed by atoms with Crippen LogP contribution in [0.2, 0.25) is 10.0 Å². The molecule has 0 radical (unpaired) electrons. The summed E-state index contributed by atoms with van der Waals surface area (Å²) in [6.07, 6.45) is 0.239. The summed E-state index contributed by atoms with van der Waals surface area (Å²) in [6.45, 7) is 0.0875. The average molecular weight is 295 g/mol. The minimum atomic E-state index is -0.304. The van der Waals surface area contributed by atoms with Crippen LogP contribution in [-0.4, -0.2) is 5.97 Å². The summed E-state index contributed by atoms with van der Waals surface area (Å²) >= 11 is 12.0. The topological polar surface area (TPSA) is 26.3 Å². The van der Waals surface area contributed by atoms with Gasteiger partial charge >= 0.3 is 5.97 Å². The number of halogens is 2. The fourth-order valence-corrected chi connectivity index (χ4v) is 2.14. The molecule has 0 spiro atoms. The predicted molar refractivity (Wildman–Crippen MR) is 76.4 cm³/mol. The molecule has 2 aromatic rings. The van der Waals surface area contributed by atoms with Gasteiger partial charge in [0.2, 0.25) is 0 Å². The molecule has 2 rings (SSSR count). The summed E-state index contributed by atoms with van der Waals surface area (Å²) in [7, 11) is 0. The average Bonchev–Trinajstić information content (AvgIpc) is 2.39. The first-order valence-corrected chi connectivity index (χ1v) is 6.55. The molecule has 19 heavy (non-hydrogen) atoms. The first-order chi connectivity index (χ1) is 9.16. The third-order valence-corrected chi connectivity index (χ3v) is 3.34. The van der Waals surface area contributed by atoms with Crippen LogP contribution >= 0.6 is 23.2 Å². The highest BCUT2D eigenvalue weighted by Gasteiger charge is 2.09. The summed E-state index contributed by atoms with van der Waals surface area (Å²) < 4.78 is 5.19. The van der Waals surface area contributed by atoms with Gasteiger partial charge in [0, 0.05) is 15.6 Å². The Morgan fingerprint density at radius 3 is 2.21 bits per heavy atom. The van der Waals surface area contributed by atoms with Crippen molar-refractivity contribution in [3.8, 4) is 0 Å². The fourth-order valence-electron chi connectivity index (χ4n) is 1.64. The van der Waals surface area contributed by atoms with Crippen LogP contribution in [0.5, 0.6) is 0 Å². The highest BCUT2D eigenvalue weighted by Crippen LogP contribution is 2.24. The van der Waals surface area contributed by atoms with Crippen LogP contribution in [0.15, 0.2) is 48.5 Å². The Hall–Kier alpha value is -1.51. The van der Waals surface area contributed by atoms with E-state index in [0.717, 1.165) is 5.56 Å². The second kappa shape index (κ2) is 6.60. The lowest BCUT2D eigenvalue weighted by Gasteiger charge is -2.08. The molecule has 0 aliphatic rings. The molecule has 98 valence electrons. The maximum Gasteiger partial charge on any atom is 0.310 e. The van der Waals surface area contributed by atoms with Crippen molar-refractivity contribution in [1.29, 1.82) is 0 Å². The van der Waals surface area contributed by atoms with E-state index in [4.69, 9.17) is 27.9 Å². The van der Waals surface area contributed by atoms with Crippen LogP contribution in [0.1, 0.15) is 11.1 Å². The summed E-state index contributed by atoms with van der Waals surface area (Å²) in [5, 5.41) is 1.00. The van der Waals surface area contributed by atoms with E-state index >= 15 is 0 Å². The number of benzene rings is 2. The van der Waals surface area contributed by atoms with Crippen molar-refractivity contribution in [2.75, 3.05) is 0 Å². The largest absolute Gasteiger partial charge is 0.460 e. The van der Waals surface area contributed by atoms with Crippen molar-refractivity contribution < 1.29 is 9.53 Å². The number of ether oxygens (including phenoxy) is 1. The quantitative estimate of drug-likeness (QED) is 0.787. The SMILES string of the molecule is O=C(Cc1ccccc1)OCc1c(Cl)cccc1Cl. The van der Waals surface area contributed by atoms with Crippen molar-refractivity contribution >= 4 is 29.2 Å². The molecular weight excluding hydrogens is 283 g/mol. The minimum Gasteiger partial charge on any atom is -0.460 e. The molecule has 0 heterocycles. The van der Waals surface area contributed by atoms with Gasteiger partial charge in [-0.05, 0) is 17.7 Å². The molecule has 0 saturated carbocycles. The molecule has 0 amide bonds. The van der Waals surface area contributed by atoms with E-state index in [1.54, 1.807) is 18.2 Å². The normalized spacial score (nSPS) is 10.2. The second-order valence-corrected chi connectivity index (χ2v) is 4.84. The monoisotopic (exact) mass is 294 g/mol. The zero-order valence-electron chi connectivity index (χ0n) is 10.1. The summed E-state index contributed by atoms with van der Waals surface area (Å²) in [6, 6.07) is 14.6. The highest BCUT2D eigenvalue weighted by atomic mass is 35.5. The van der Waals surface area contributed by atoms with Gasteiger partial charge in [-0.3, -0.25) is 4.79 Å². The molecule has 0 aliphatic carbocycles. The van der Waals surface area contributed by atoms with Crippen LogP contribution in [0.3, 0.4) is 0 Å². The molecule has 0 N–H and O–H groups in total. The van der Waals surface area contributed by atoms with Crippen molar-refractivity contribution in [1.82, 2.24) is 0 Å². The Kier molecular flexibility index (Phi) is 4.83. The van der Waals surface area contributed by atoms with Crippen molar-refractivity contribution in [2.45, 2.75) is 13.0 Å². The Labute approximate surface area is 121 Å². The van der Waals surface area contributed by atoms with E-state index < -0.39 is 0 Å². The molecule has 0 aromatic heterocycles. The lowest BCUT2D eigenvalue weighted by molar-refractivity contribution is -0.144. The van der Waals surface area contributed by atoms with E-state index in [9.17, 15) is 4.79 Å². The van der Waals surface area contributed by atoms with E-state index in [1.807, 2.05) is 30.3 Å². The number of esters is 1. The van der Waals surface area contributed by atoms with Crippen molar-refractivity contribution in [3.05, 3.63) is 69.7 Å². The third kappa shape index (κ3) is 3.98. The van der Waals surface area contributed by atoms with E-state index in [-0.39, 0.29) is 19.0 Å². The minimum absolute atomic E-state index is 0.0875. The van der Waals surface area contributed by atoms with E-state index in [2.05, 4.69) is 0 Å². The number of hydrogen-bond donors (Lipinski definition) is 0. The number of carbonyl (C=O) groups is 1. The Bertz CT molecular complexity index is 547. The Balaban J connectivity index is 1.94. The third-order valence-electron chi connectivity index (χ3n) is 2.63. The highest BCUT2D eigenvalue weighted by molar-refractivity contribution is 6.35. The Morgan fingerprint density at radius 2 is 1.58 bits per heavy atom.